The van der Waals surface area contributed by atoms with Crippen molar-refractivity contribution in [2.75, 3.05) is 7.11 Å². The molecule has 1 heterocycles. The van der Waals surface area contributed by atoms with Crippen LogP contribution in [0.3, 0.4) is 0 Å². The fourth-order valence-electron chi connectivity index (χ4n) is 0.975. The van der Waals surface area contributed by atoms with Crippen LogP contribution in [0.2, 0.25) is 0 Å². The van der Waals surface area contributed by atoms with Crippen molar-refractivity contribution >= 4 is 15.9 Å². The monoisotopic (exact) mass is 266 g/mol. The lowest BCUT2D eigenvalue weighted by Gasteiger charge is -2.09. The highest BCUT2D eigenvalue weighted by molar-refractivity contribution is 9.10. The second-order valence-electron chi connectivity index (χ2n) is 2.53. The average Bonchev–Trinajstić information content (AvgIpc) is 2.17. The van der Waals surface area contributed by atoms with Crippen LogP contribution in [-0.2, 0) is 6.54 Å². The molecule has 0 bridgehead atoms. The smallest absolute Gasteiger partial charge is 0.281 e. The number of halogens is 3. The molecule has 0 spiro atoms. The molecule has 0 aromatic carbocycles. The Balaban J connectivity index is 3.27. The lowest BCUT2D eigenvalue weighted by atomic mass is 10.2. The molecule has 0 saturated heterocycles. The second-order valence-corrected chi connectivity index (χ2v) is 3.32. The lowest BCUT2D eigenvalue weighted by Crippen LogP contribution is -2.04. The standard InChI is InChI=1S/C8H9BrF2N2O/c1-14-5-2-4(3-12)6(9)7(13-5)8(10)11/h2,8H,3,12H2,1H3. The number of aromatic nitrogens is 1. The predicted molar refractivity (Wildman–Crippen MR) is 51.3 cm³/mol. The minimum atomic E-state index is -2.65. The Labute approximate surface area is 88.4 Å². The predicted octanol–water partition coefficient (Wildman–Crippen LogP) is 2.25. The molecule has 0 saturated carbocycles. The van der Waals surface area contributed by atoms with Gasteiger partial charge in [-0.15, -0.1) is 0 Å². The Morgan fingerprint density at radius 2 is 2.29 bits per heavy atom. The van der Waals surface area contributed by atoms with Crippen molar-refractivity contribution in [3.8, 4) is 5.88 Å². The number of alkyl halides is 2. The zero-order chi connectivity index (χ0) is 10.7. The Kier molecular flexibility index (Phi) is 3.77. The fourth-order valence-corrected chi connectivity index (χ4v) is 1.51. The summed E-state index contributed by atoms with van der Waals surface area (Å²) >= 11 is 3.03. The summed E-state index contributed by atoms with van der Waals surface area (Å²) in [4.78, 5) is 3.62. The highest BCUT2D eigenvalue weighted by atomic mass is 79.9. The summed E-state index contributed by atoms with van der Waals surface area (Å²) in [5.74, 6) is 0.143. The first kappa shape index (κ1) is 11.3. The quantitative estimate of drug-likeness (QED) is 0.913. The molecule has 1 aromatic heterocycles. The van der Waals surface area contributed by atoms with Crippen molar-refractivity contribution in [2.24, 2.45) is 5.73 Å². The van der Waals surface area contributed by atoms with Crippen molar-refractivity contribution in [3.63, 3.8) is 0 Å². The molecule has 0 unspecified atom stereocenters. The van der Waals surface area contributed by atoms with Crippen LogP contribution in [0.15, 0.2) is 10.5 Å². The zero-order valence-corrected chi connectivity index (χ0v) is 9.01. The van der Waals surface area contributed by atoms with Gasteiger partial charge in [0, 0.05) is 17.1 Å². The molecule has 0 aliphatic carbocycles. The molecule has 2 N–H and O–H groups in total. The van der Waals surface area contributed by atoms with E-state index in [-0.39, 0.29) is 22.6 Å². The van der Waals surface area contributed by atoms with Crippen LogP contribution in [-0.4, -0.2) is 12.1 Å². The Morgan fingerprint density at radius 1 is 1.64 bits per heavy atom. The maximum absolute atomic E-state index is 12.5. The highest BCUT2D eigenvalue weighted by Gasteiger charge is 2.17. The molecule has 14 heavy (non-hydrogen) atoms. The second kappa shape index (κ2) is 4.65. The molecule has 78 valence electrons. The lowest BCUT2D eigenvalue weighted by molar-refractivity contribution is 0.144. The molecule has 6 heteroatoms. The molecular formula is C8H9BrF2N2O. The van der Waals surface area contributed by atoms with E-state index in [2.05, 4.69) is 20.9 Å². The molecule has 0 atom stereocenters. The fraction of sp³-hybridized carbons (Fsp3) is 0.375. The third-order valence-corrected chi connectivity index (χ3v) is 2.59. The van der Waals surface area contributed by atoms with E-state index in [1.807, 2.05) is 0 Å². The van der Waals surface area contributed by atoms with E-state index < -0.39 is 6.43 Å². The van der Waals surface area contributed by atoms with E-state index in [1.165, 1.54) is 13.2 Å². The molecule has 0 aliphatic heterocycles. The summed E-state index contributed by atoms with van der Waals surface area (Å²) in [5, 5.41) is 0. The van der Waals surface area contributed by atoms with E-state index in [9.17, 15) is 8.78 Å². The van der Waals surface area contributed by atoms with Crippen molar-refractivity contribution in [3.05, 3.63) is 21.8 Å². The molecule has 0 aliphatic rings. The van der Waals surface area contributed by atoms with E-state index in [1.54, 1.807) is 0 Å². The van der Waals surface area contributed by atoms with Crippen LogP contribution in [0.1, 0.15) is 17.7 Å². The Morgan fingerprint density at radius 3 is 2.71 bits per heavy atom. The molecule has 0 amide bonds. The largest absolute Gasteiger partial charge is 0.481 e. The SMILES string of the molecule is COc1cc(CN)c(Br)c(C(F)F)n1. The van der Waals surface area contributed by atoms with E-state index in [0.717, 1.165) is 0 Å². The van der Waals surface area contributed by atoms with Gasteiger partial charge >= 0.3 is 0 Å². The van der Waals surface area contributed by atoms with Gasteiger partial charge in [0.05, 0.1) is 7.11 Å². The van der Waals surface area contributed by atoms with Gasteiger partial charge in [0.15, 0.2) is 0 Å². The summed E-state index contributed by atoms with van der Waals surface area (Å²) in [6.45, 7) is 0.152. The van der Waals surface area contributed by atoms with Crippen LogP contribution < -0.4 is 10.5 Å². The van der Waals surface area contributed by atoms with Crippen molar-refractivity contribution in [1.82, 2.24) is 4.98 Å². The van der Waals surface area contributed by atoms with Gasteiger partial charge in [-0.2, -0.15) is 0 Å². The maximum atomic E-state index is 12.5. The van der Waals surface area contributed by atoms with Gasteiger partial charge in [-0.25, -0.2) is 13.8 Å². The number of pyridine rings is 1. The van der Waals surface area contributed by atoms with Gasteiger partial charge in [-0.05, 0) is 21.5 Å². The zero-order valence-electron chi connectivity index (χ0n) is 7.43. The van der Waals surface area contributed by atoms with Gasteiger partial charge in [0.2, 0.25) is 5.88 Å². The Hall–Kier alpha value is -0.750. The van der Waals surface area contributed by atoms with Crippen LogP contribution in [0.5, 0.6) is 5.88 Å². The third-order valence-electron chi connectivity index (χ3n) is 1.67. The summed E-state index contributed by atoms with van der Waals surface area (Å²) < 4.78 is 30.0. The van der Waals surface area contributed by atoms with Gasteiger partial charge in [0.25, 0.3) is 6.43 Å². The third kappa shape index (κ3) is 2.19. The first-order valence-electron chi connectivity index (χ1n) is 3.81. The van der Waals surface area contributed by atoms with Crippen LogP contribution in [0, 0.1) is 0 Å². The number of nitrogens with two attached hydrogens (primary N) is 1. The molecule has 0 radical (unpaired) electrons. The molecular weight excluding hydrogens is 258 g/mol. The van der Waals surface area contributed by atoms with Crippen molar-refractivity contribution in [2.45, 2.75) is 13.0 Å². The van der Waals surface area contributed by atoms with Crippen LogP contribution in [0.4, 0.5) is 8.78 Å². The van der Waals surface area contributed by atoms with Gasteiger partial charge in [-0.3, -0.25) is 0 Å². The summed E-state index contributed by atoms with van der Waals surface area (Å²) in [7, 11) is 1.37. The van der Waals surface area contributed by atoms with Crippen LogP contribution >= 0.6 is 15.9 Å². The first-order chi connectivity index (χ1) is 6.60. The number of hydrogen-bond donors (Lipinski definition) is 1. The summed E-state index contributed by atoms with van der Waals surface area (Å²) in [6.07, 6.45) is -2.65. The van der Waals surface area contributed by atoms with Gasteiger partial charge in [-0.1, -0.05) is 0 Å². The molecule has 1 rings (SSSR count). The molecule has 1 aromatic rings. The first-order valence-corrected chi connectivity index (χ1v) is 4.61. The van der Waals surface area contributed by atoms with Crippen molar-refractivity contribution < 1.29 is 13.5 Å². The minimum Gasteiger partial charge on any atom is -0.481 e. The molecule has 0 fully saturated rings. The Bertz CT molecular complexity index is 333. The van der Waals surface area contributed by atoms with Crippen molar-refractivity contribution in [1.29, 1.82) is 0 Å². The minimum absolute atomic E-state index is 0.143. The van der Waals surface area contributed by atoms with E-state index in [4.69, 9.17) is 10.5 Å². The number of methoxy groups -OCH3 is 1. The van der Waals surface area contributed by atoms with Crippen LogP contribution in [0.25, 0.3) is 0 Å². The number of ether oxygens (including phenoxy) is 1. The topological polar surface area (TPSA) is 48.1 Å². The number of rotatable bonds is 3. The number of nitrogens with zero attached hydrogens (tertiary/aromatic N) is 1. The normalized spacial score (nSPS) is 10.7. The summed E-state index contributed by atoms with van der Waals surface area (Å²) in [6, 6.07) is 1.52. The van der Waals surface area contributed by atoms with Gasteiger partial charge < -0.3 is 10.5 Å². The van der Waals surface area contributed by atoms with Gasteiger partial charge in [0.1, 0.15) is 5.69 Å². The summed E-state index contributed by atoms with van der Waals surface area (Å²) in [5.41, 5.74) is 5.59. The highest BCUT2D eigenvalue weighted by Crippen LogP contribution is 2.30. The molecule has 3 nitrogen and oxygen atoms in total. The van der Waals surface area contributed by atoms with E-state index in [0.29, 0.717) is 5.56 Å². The average molecular weight is 267 g/mol. The maximum Gasteiger partial charge on any atom is 0.281 e. The number of hydrogen-bond acceptors (Lipinski definition) is 3. The van der Waals surface area contributed by atoms with E-state index >= 15 is 0 Å².